The average Bonchev–Trinajstić information content (AvgIpc) is 2.55. The summed E-state index contributed by atoms with van der Waals surface area (Å²) >= 11 is 8.90. The molecule has 0 saturated carbocycles. The SMILES string of the molecule is O=C1CC(Cl)CN1c1ccc(Br)cc1OC(F)(F)F. The van der Waals surface area contributed by atoms with Crippen LogP contribution in [0.4, 0.5) is 18.9 Å². The molecule has 0 aliphatic carbocycles. The monoisotopic (exact) mass is 357 g/mol. The van der Waals surface area contributed by atoms with Gasteiger partial charge in [-0.1, -0.05) is 15.9 Å². The highest BCUT2D eigenvalue weighted by molar-refractivity contribution is 9.10. The van der Waals surface area contributed by atoms with Crippen LogP contribution in [0.1, 0.15) is 6.42 Å². The highest BCUT2D eigenvalue weighted by Gasteiger charge is 2.36. The summed E-state index contributed by atoms with van der Waals surface area (Å²) in [6.45, 7) is 0.163. The summed E-state index contributed by atoms with van der Waals surface area (Å²) in [4.78, 5) is 12.9. The van der Waals surface area contributed by atoms with E-state index in [4.69, 9.17) is 11.6 Å². The molecule has 1 aliphatic heterocycles. The Morgan fingerprint density at radius 3 is 2.63 bits per heavy atom. The van der Waals surface area contributed by atoms with Crippen LogP contribution in [0.2, 0.25) is 0 Å². The van der Waals surface area contributed by atoms with Gasteiger partial charge >= 0.3 is 6.36 Å². The zero-order chi connectivity index (χ0) is 14.2. The second-order valence-electron chi connectivity index (χ2n) is 3.97. The lowest BCUT2D eigenvalue weighted by Crippen LogP contribution is -2.27. The Kier molecular flexibility index (Phi) is 3.96. The molecule has 1 saturated heterocycles. The largest absolute Gasteiger partial charge is 0.573 e. The molecular formula is C11H8BrClF3NO2. The predicted octanol–water partition coefficient (Wildman–Crippen LogP) is 3.69. The molecular weight excluding hydrogens is 350 g/mol. The normalized spacial score (nSPS) is 19.9. The molecule has 0 aromatic heterocycles. The first-order valence-corrected chi connectivity index (χ1v) is 6.49. The van der Waals surface area contributed by atoms with Gasteiger partial charge in [0.1, 0.15) is 0 Å². The zero-order valence-electron chi connectivity index (χ0n) is 9.38. The Morgan fingerprint density at radius 1 is 1.42 bits per heavy atom. The molecule has 0 bridgehead atoms. The minimum Gasteiger partial charge on any atom is -0.404 e. The fraction of sp³-hybridized carbons (Fsp3) is 0.364. The molecule has 1 unspecified atom stereocenters. The molecule has 1 fully saturated rings. The van der Waals surface area contributed by atoms with Crippen LogP contribution in [0.5, 0.6) is 5.75 Å². The van der Waals surface area contributed by atoms with E-state index in [1.54, 1.807) is 0 Å². The maximum Gasteiger partial charge on any atom is 0.573 e. The van der Waals surface area contributed by atoms with Crippen LogP contribution in [-0.4, -0.2) is 24.2 Å². The zero-order valence-corrected chi connectivity index (χ0v) is 11.7. The highest BCUT2D eigenvalue weighted by atomic mass is 79.9. The Labute approximate surface area is 120 Å². The van der Waals surface area contributed by atoms with Crippen LogP contribution in [0.3, 0.4) is 0 Å². The van der Waals surface area contributed by atoms with Crippen molar-refractivity contribution in [2.75, 3.05) is 11.4 Å². The van der Waals surface area contributed by atoms with Crippen molar-refractivity contribution in [3.63, 3.8) is 0 Å². The fourth-order valence-corrected chi connectivity index (χ4v) is 2.42. The molecule has 2 rings (SSSR count). The van der Waals surface area contributed by atoms with Crippen LogP contribution >= 0.6 is 27.5 Å². The summed E-state index contributed by atoms with van der Waals surface area (Å²) < 4.78 is 41.4. The smallest absolute Gasteiger partial charge is 0.404 e. The maximum atomic E-state index is 12.3. The van der Waals surface area contributed by atoms with E-state index < -0.39 is 17.5 Å². The number of hydrogen-bond acceptors (Lipinski definition) is 2. The Balaban J connectivity index is 2.37. The van der Waals surface area contributed by atoms with E-state index in [0.717, 1.165) is 6.07 Å². The molecule has 8 heteroatoms. The predicted molar refractivity (Wildman–Crippen MR) is 67.4 cm³/mol. The van der Waals surface area contributed by atoms with Crippen molar-refractivity contribution in [2.24, 2.45) is 0 Å². The van der Waals surface area contributed by atoms with Crippen LogP contribution in [-0.2, 0) is 4.79 Å². The summed E-state index contributed by atoms with van der Waals surface area (Å²) in [6, 6.07) is 4.09. The van der Waals surface area contributed by atoms with Crippen LogP contribution in [0.15, 0.2) is 22.7 Å². The van der Waals surface area contributed by atoms with Crippen molar-refractivity contribution in [1.29, 1.82) is 0 Å². The number of alkyl halides is 4. The minimum atomic E-state index is -4.82. The first-order valence-electron chi connectivity index (χ1n) is 5.26. The summed E-state index contributed by atoms with van der Waals surface area (Å²) in [6.07, 6.45) is -4.72. The molecule has 1 aromatic carbocycles. The Bertz CT molecular complexity index is 509. The third kappa shape index (κ3) is 3.54. The number of halogens is 5. The quantitative estimate of drug-likeness (QED) is 0.755. The van der Waals surface area contributed by atoms with E-state index >= 15 is 0 Å². The highest BCUT2D eigenvalue weighted by Crippen LogP contribution is 2.37. The molecule has 0 spiro atoms. The standard InChI is InChI=1S/C11H8BrClF3NO2/c12-6-1-2-8(9(3-6)19-11(14,15)16)17-5-7(13)4-10(17)18/h1-3,7H,4-5H2. The van der Waals surface area contributed by atoms with Gasteiger partial charge in [0.25, 0.3) is 0 Å². The van der Waals surface area contributed by atoms with Gasteiger partial charge in [0.2, 0.25) is 5.91 Å². The lowest BCUT2D eigenvalue weighted by Gasteiger charge is -2.20. The summed E-state index contributed by atoms with van der Waals surface area (Å²) in [7, 11) is 0. The molecule has 1 atom stereocenters. The van der Waals surface area contributed by atoms with Crippen molar-refractivity contribution in [3.8, 4) is 5.75 Å². The molecule has 1 aromatic rings. The molecule has 0 radical (unpaired) electrons. The van der Waals surface area contributed by atoms with E-state index in [9.17, 15) is 18.0 Å². The van der Waals surface area contributed by atoms with Gasteiger partial charge in [0, 0.05) is 17.4 Å². The average molecular weight is 359 g/mol. The Hall–Kier alpha value is -0.950. The molecule has 104 valence electrons. The van der Waals surface area contributed by atoms with Crippen LogP contribution < -0.4 is 9.64 Å². The molecule has 1 heterocycles. The van der Waals surface area contributed by atoms with Gasteiger partial charge in [-0.15, -0.1) is 24.8 Å². The van der Waals surface area contributed by atoms with Gasteiger partial charge in [-0.25, -0.2) is 0 Å². The van der Waals surface area contributed by atoms with Crippen molar-refractivity contribution in [2.45, 2.75) is 18.2 Å². The summed E-state index contributed by atoms with van der Waals surface area (Å²) in [5.41, 5.74) is 0.0636. The van der Waals surface area contributed by atoms with Crippen LogP contribution in [0.25, 0.3) is 0 Å². The van der Waals surface area contributed by atoms with Gasteiger partial charge in [-0.3, -0.25) is 4.79 Å². The molecule has 1 aliphatic rings. The van der Waals surface area contributed by atoms with Crippen LogP contribution in [0, 0.1) is 0 Å². The topological polar surface area (TPSA) is 29.5 Å². The third-order valence-corrected chi connectivity index (χ3v) is 3.30. The van der Waals surface area contributed by atoms with Gasteiger partial charge in [0.05, 0.1) is 11.1 Å². The number of benzene rings is 1. The van der Waals surface area contributed by atoms with Crippen molar-refractivity contribution < 1.29 is 22.7 Å². The number of rotatable bonds is 2. The fourth-order valence-electron chi connectivity index (χ4n) is 1.81. The second kappa shape index (κ2) is 5.20. The van der Waals surface area contributed by atoms with Gasteiger partial charge < -0.3 is 9.64 Å². The third-order valence-electron chi connectivity index (χ3n) is 2.52. The second-order valence-corrected chi connectivity index (χ2v) is 5.50. The number of amides is 1. The first kappa shape index (κ1) is 14.5. The lowest BCUT2D eigenvalue weighted by molar-refractivity contribution is -0.274. The minimum absolute atomic E-state index is 0.0636. The number of carbonyl (C=O) groups is 1. The molecule has 0 N–H and O–H groups in total. The van der Waals surface area contributed by atoms with E-state index in [1.165, 1.54) is 17.0 Å². The van der Waals surface area contributed by atoms with E-state index in [1.807, 2.05) is 0 Å². The van der Waals surface area contributed by atoms with E-state index in [-0.39, 0.29) is 24.6 Å². The summed E-state index contributed by atoms with van der Waals surface area (Å²) in [5, 5.41) is -0.408. The maximum absolute atomic E-state index is 12.3. The van der Waals surface area contributed by atoms with Crippen molar-refractivity contribution >= 4 is 39.1 Å². The molecule has 3 nitrogen and oxygen atoms in total. The van der Waals surface area contributed by atoms with Crippen molar-refractivity contribution in [1.82, 2.24) is 0 Å². The number of nitrogens with zero attached hydrogens (tertiary/aromatic N) is 1. The summed E-state index contributed by atoms with van der Waals surface area (Å²) in [5.74, 6) is -0.754. The number of hydrogen-bond donors (Lipinski definition) is 0. The van der Waals surface area contributed by atoms with Gasteiger partial charge in [0.15, 0.2) is 5.75 Å². The number of anilines is 1. The number of ether oxygens (including phenoxy) is 1. The molecule has 1 amide bonds. The Morgan fingerprint density at radius 2 is 2.11 bits per heavy atom. The van der Waals surface area contributed by atoms with Gasteiger partial charge in [-0.05, 0) is 18.2 Å². The van der Waals surface area contributed by atoms with Crippen molar-refractivity contribution in [3.05, 3.63) is 22.7 Å². The lowest BCUT2D eigenvalue weighted by atomic mass is 10.2. The van der Waals surface area contributed by atoms with E-state index in [2.05, 4.69) is 20.7 Å². The first-order chi connectivity index (χ1) is 8.76. The number of carbonyl (C=O) groups excluding carboxylic acids is 1. The van der Waals surface area contributed by atoms with E-state index in [0.29, 0.717) is 4.47 Å². The van der Waals surface area contributed by atoms with Gasteiger partial charge in [-0.2, -0.15) is 0 Å². The molecule has 19 heavy (non-hydrogen) atoms.